The van der Waals surface area contributed by atoms with Gasteiger partial charge in [0, 0.05) is 6.54 Å². The molecule has 0 atom stereocenters. The summed E-state index contributed by atoms with van der Waals surface area (Å²) in [5, 5.41) is 3.27. The van der Waals surface area contributed by atoms with Crippen LogP contribution in [0.5, 0.6) is 0 Å². The molecule has 0 bridgehead atoms. The minimum Gasteiger partial charge on any atom is -0.383 e. The Bertz CT molecular complexity index is 379. The summed E-state index contributed by atoms with van der Waals surface area (Å²) < 4.78 is 35.6. The van der Waals surface area contributed by atoms with Crippen LogP contribution in [0.3, 0.4) is 0 Å². The number of halogens is 6. The van der Waals surface area contributed by atoms with E-state index in [-0.39, 0.29) is 21.6 Å². The van der Waals surface area contributed by atoms with E-state index in [1.54, 1.807) is 0 Å². The molecular formula is C9H7Cl3F3N. The van der Waals surface area contributed by atoms with Crippen molar-refractivity contribution in [1.82, 2.24) is 0 Å². The van der Waals surface area contributed by atoms with Crippen molar-refractivity contribution in [2.45, 2.75) is 12.6 Å². The lowest BCUT2D eigenvalue weighted by Gasteiger charge is -2.11. The number of alkyl halides is 3. The lowest BCUT2D eigenvalue weighted by molar-refractivity contribution is -0.131. The van der Waals surface area contributed by atoms with Crippen LogP contribution in [0.25, 0.3) is 0 Å². The van der Waals surface area contributed by atoms with E-state index in [1.165, 1.54) is 12.1 Å². The lowest BCUT2D eigenvalue weighted by atomic mass is 10.3. The van der Waals surface area contributed by atoms with Gasteiger partial charge in [0.1, 0.15) is 0 Å². The van der Waals surface area contributed by atoms with Gasteiger partial charge in [-0.1, -0.05) is 34.8 Å². The molecule has 0 aliphatic rings. The van der Waals surface area contributed by atoms with Crippen LogP contribution in [0, 0.1) is 0 Å². The summed E-state index contributed by atoms with van der Waals surface area (Å²) >= 11 is 17.1. The van der Waals surface area contributed by atoms with E-state index in [2.05, 4.69) is 5.32 Å². The van der Waals surface area contributed by atoms with Crippen LogP contribution < -0.4 is 5.32 Å². The molecule has 0 aliphatic heterocycles. The van der Waals surface area contributed by atoms with Crippen LogP contribution in [0.4, 0.5) is 18.9 Å². The van der Waals surface area contributed by atoms with E-state index < -0.39 is 12.6 Å². The van der Waals surface area contributed by atoms with Crippen LogP contribution in [0.2, 0.25) is 15.1 Å². The molecule has 0 saturated heterocycles. The van der Waals surface area contributed by atoms with Crippen molar-refractivity contribution in [3.8, 4) is 0 Å². The van der Waals surface area contributed by atoms with Crippen LogP contribution in [-0.4, -0.2) is 12.7 Å². The van der Waals surface area contributed by atoms with E-state index in [0.29, 0.717) is 5.69 Å². The molecule has 0 fully saturated rings. The Morgan fingerprint density at radius 2 is 1.56 bits per heavy atom. The maximum absolute atomic E-state index is 11.9. The van der Waals surface area contributed by atoms with Crippen molar-refractivity contribution >= 4 is 40.5 Å². The number of anilines is 1. The standard InChI is InChI=1S/C9H7Cl3F3N/c10-5-3-7(12)8(4-6(5)11)16-2-1-9(13,14)15/h3-4,16H,1-2H2. The maximum atomic E-state index is 11.9. The van der Waals surface area contributed by atoms with Gasteiger partial charge >= 0.3 is 6.18 Å². The maximum Gasteiger partial charge on any atom is 0.390 e. The third-order valence-corrected chi connectivity index (χ3v) is 2.77. The van der Waals surface area contributed by atoms with E-state index >= 15 is 0 Å². The molecule has 7 heteroatoms. The van der Waals surface area contributed by atoms with Crippen molar-refractivity contribution < 1.29 is 13.2 Å². The third-order valence-electron chi connectivity index (χ3n) is 1.73. The highest BCUT2D eigenvalue weighted by molar-refractivity contribution is 6.44. The number of benzene rings is 1. The minimum atomic E-state index is -4.20. The fourth-order valence-corrected chi connectivity index (χ4v) is 1.61. The summed E-state index contributed by atoms with van der Waals surface area (Å²) in [6.07, 6.45) is -5.14. The molecule has 1 aromatic rings. The van der Waals surface area contributed by atoms with E-state index in [1.807, 2.05) is 0 Å². The van der Waals surface area contributed by atoms with Crippen molar-refractivity contribution in [2.24, 2.45) is 0 Å². The second kappa shape index (κ2) is 5.34. The SMILES string of the molecule is FC(F)(F)CCNc1cc(Cl)c(Cl)cc1Cl. The van der Waals surface area contributed by atoms with Gasteiger partial charge in [-0.3, -0.25) is 0 Å². The first-order valence-corrected chi connectivity index (χ1v) is 5.38. The predicted octanol–water partition coefficient (Wildman–Crippen LogP) is 5.01. The van der Waals surface area contributed by atoms with Gasteiger partial charge in [-0.25, -0.2) is 0 Å². The summed E-state index contributed by atoms with van der Waals surface area (Å²) in [4.78, 5) is 0. The molecular weight excluding hydrogens is 285 g/mol. The van der Waals surface area contributed by atoms with Crippen molar-refractivity contribution in [3.05, 3.63) is 27.2 Å². The minimum absolute atomic E-state index is 0.233. The van der Waals surface area contributed by atoms with Gasteiger partial charge in [0.25, 0.3) is 0 Å². The second-order valence-electron chi connectivity index (χ2n) is 3.04. The van der Waals surface area contributed by atoms with Crippen LogP contribution in [0.1, 0.15) is 6.42 Å². The summed E-state index contributed by atoms with van der Waals surface area (Å²) in [6, 6.07) is 2.77. The molecule has 1 rings (SSSR count). The molecule has 90 valence electrons. The number of hydrogen-bond donors (Lipinski definition) is 1. The molecule has 0 amide bonds. The first-order chi connectivity index (χ1) is 7.29. The summed E-state index contributed by atoms with van der Waals surface area (Å²) in [6.45, 7) is -0.263. The Hall–Kier alpha value is -0.320. The fourth-order valence-electron chi connectivity index (χ4n) is 0.997. The molecule has 0 radical (unpaired) electrons. The molecule has 0 heterocycles. The molecule has 0 aliphatic carbocycles. The zero-order valence-corrected chi connectivity index (χ0v) is 10.1. The molecule has 0 spiro atoms. The second-order valence-corrected chi connectivity index (χ2v) is 4.26. The Morgan fingerprint density at radius 1 is 1.00 bits per heavy atom. The zero-order chi connectivity index (χ0) is 12.3. The predicted molar refractivity (Wildman–Crippen MR) is 60.6 cm³/mol. The summed E-state index contributed by atoms with van der Waals surface area (Å²) in [5.74, 6) is 0. The van der Waals surface area contributed by atoms with Gasteiger partial charge in [-0.05, 0) is 12.1 Å². The summed E-state index contributed by atoms with van der Waals surface area (Å²) in [7, 11) is 0. The molecule has 0 saturated carbocycles. The molecule has 0 unspecified atom stereocenters. The molecule has 16 heavy (non-hydrogen) atoms. The van der Waals surface area contributed by atoms with Crippen molar-refractivity contribution in [1.29, 1.82) is 0 Å². The molecule has 1 nitrogen and oxygen atoms in total. The van der Waals surface area contributed by atoms with Gasteiger partial charge < -0.3 is 5.32 Å². The van der Waals surface area contributed by atoms with Gasteiger partial charge in [-0.2, -0.15) is 13.2 Å². The highest BCUT2D eigenvalue weighted by atomic mass is 35.5. The van der Waals surface area contributed by atoms with Gasteiger partial charge in [0.2, 0.25) is 0 Å². The van der Waals surface area contributed by atoms with E-state index in [0.717, 1.165) is 0 Å². The van der Waals surface area contributed by atoms with E-state index in [9.17, 15) is 13.2 Å². The first kappa shape index (κ1) is 13.7. The number of nitrogens with one attached hydrogen (secondary N) is 1. The number of hydrogen-bond acceptors (Lipinski definition) is 1. The topological polar surface area (TPSA) is 12.0 Å². The smallest absolute Gasteiger partial charge is 0.383 e. The molecule has 1 aromatic carbocycles. The van der Waals surface area contributed by atoms with Crippen molar-refractivity contribution in [3.63, 3.8) is 0 Å². The first-order valence-electron chi connectivity index (χ1n) is 4.25. The Labute approximate surface area is 105 Å². The Morgan fingerprint density at radius 3 is 2.12 bits per heavy atom. The molecule has 1 N–H and O–H groups in total. The Balaban J connectivity index is 2.64. The van der Waals surface area contributed by atoms with Gasteiger partial charge in [0.15, 0.2) is 0 Å². The van der Waals surface area contributed by atoms with Crippen LogP contribution >= 0.6 is 34.8 Å². The average Bonchev–Trinajstić information content (AvgIpc) is 2.11. The normalized spacial score (nSPS) is 11.6. The van der Waals surface area contributed by atoms with Gasteiger partial charge in [0.05, 0.1) is 27.2 Å². The highest BCUT2D eigenvalue weighted by Gasteiger charge is 2.26. The van der Waals surface area contributed by atoms with Crippen molar-refractivity contribution in [2.75, 3.05) is 11.9 Å². The monoisotopic (exact) mass is 291 g/mol. The average molecular weight is 293 g/mol. The quantitative estimate of drug-likeness (QED) is 0.772. The molecule has 0 aromatic heterocycles. The van der Waals surface area contributed by atoms with E-state index in [4.69, 9.17) is 34.8 Å². The third kappa shape index (κ3) is 4.28. The summed E-state index contributed by atoms with van der Waals surface area (Å²) in [5.41, 5.74) is 0.334. The largest absolute Gasteiger partial charge is 0.390 e. The highest BCUT2D eigenvalue weighted by Crippen LogP contribution is 2.32. The fraction of sp³-hybridized carbons (Fsp3) is 0.333. The van der Waals surface area contributed by atoms with Gasteiger partial charge in [-0.15, -0.1) is 0 Å². The zero-order valence-electron chi connectivity index (χ0n) is 7.84. The Kier molecular flexibility index (Phi) is 4.59. The number of rotatable bonds is 3. The van der Waals surface area contributed by atoms with Crippen LogP contribution in [0.15, 0.2) is 12.1 Å². The van der Waals surface area contributed by atoms with Crippen LogP contribution in [-0.2, 0) is 0 Å². The lowest BCUT2D eigenvalue weighted by Crippen LogP contribution is -2.14.